The molecule has 0 aromatic heterocycles. The second-order valence-electron chi connectivity index (χ2n) is 11.1. The number of carbonyl (C=O) groups is 2. The Hall–Kier alpha value is -3.18. The number of hydrogen-bond donors (Lipinski definition) is 1. The van der Waals surface area contributed by atoms with Gasteiger partial charge in [-0.25, -0.2) is 19.9 Å². The van der Waals surface area contributed by atoms with Crippen LogP contribution in [-0.2, 0) is 19.1 Å². The number of esters is 1. The minimum absolute atomic E-state index is 0. The normalized spacial score (nSPS) is 11.6. The second-order valence-corrected chi connectivity index (χ2v) is 11.1. The van der Waals surface area contributed by atoms with Gasteiger partial charge in [0.05, 0.1) is 25.0 Å². The molecule has 0 saturated heterocycles. The predicted molar refractivity (Wildman–Crippen MR) is 168 cm³/mol. The molecule has 0 unspecified atom stereocenters. The maximum absolute atomic E-state index is 14.9. The zero-order valence-electron chi connectivity index (χ0n) is 27.6. The van der Waals surface area contributed by atoms with E-state index in [-0.39, 0.29) is 43.4 Å². The van der Waals surface area contributed by atoms with Crippen molar-refractivity contribution in [3.8, 4) is 11.1 Å². The first-order valence-corrected chi connectivity index (χ1v) is 14.4. The Morgan fingerprint density at radius 2 is 1.77 bits per heavy atom. The molecule has 44 heavy (non-hydrogen) atoms. The van der Waals surface area contributed by atoms with Crippen molar-refractivity contribution in [2.75, 3.05) is 27.2 Å². The van der Waals surface area contributed by atoms with Crippen LogP contribution in [0, 0.1) is 44.4 Å². The Morgan fingerprint density at radius 1 is 1.16 bits per heavy atom. The van der Waals surface area contributed by atoms with Gasteiger partial charge in [0.1, 0.15) is 0 Å². The van der Waals surface area contributed by atoms with Crippen molar-refractivity contribution in [1.29, 1.82) is 0 Å². The van der Waals surface area contributed by atoms with E-state index in [1.165, 1.54) is 18.6 Å². The van der Waals surface area contributed by atoms with Gasteiger partial charge in [0, 0.05) is 5.56 Å². The van der Waals surface area contributed by atoms with Gasteiger partial charge in [0.25, 0.3) is 0 Å². The number of benzene rings is 2. The van der Waals surface area contributed by atoms with Crippen LogP contribution in [0.3, 0.4) is 0 Å². The van der Waals surface area contributed by atoms with E-state index in [0.29, 0.717) is 12.0 Å². The van der Waals surface area contributed by atoms with Crippen LogP contribution < -0.4 is 24.2 Å². The number of allylic oxidation sites excluding steroid dienone is 2. The van der Waals surface area contributed by atoms with Gasteiger partial charge in [-0.1, -0.05) is 38.0 Å². The van der Waals surface area contributed by atoms with E-state index in [1.54, 1.807) is 13.2 Å². The number of nitrogens with one attached hydrogen (secondary N) is 1. The number of hydrogen-bond acceptors (Lipinski definition) is 5. The van der Waals surface area contributed by atoms with E-state index in [0.717, 1.165) is 46.9 Å². The first-order valence-electron chi connectivity index (χ1n) is 14.4. The third kappa shape index (κ3) is 14.1. The van der Waals surface area contributed by atoms with Crippen molar-refractivity contribution >= 4 is 18.2 Å². The fraction of sp³-hybridized carbons (Fsp3) is 0.429. The fourth-order valence-electron chi connectivity index (χ4n) is 4.20. The molecule has 0 saturated carbocycles. The van der Waals surface area contributed by atoms with Crippen LogP contribution in [0.5, 0.6) is 0 Å². The zero-order valence-corrected chi connectivity index (χ0v) is 27.6. The molecule has 6 nitrogen and oxygen atoms in total. The smallest absolute Gasteiger partial charge is 0.466 e. The van der Waals surface area contributed by atoms with Gasteiger partial charge in [0.2, 0.25) is 0 Å². The summed E-state index contributed by atoms with van der Waals surface area (Å²) in [6.07, 6.45) is 5.54. The molecule has 0 heterocycles. The number of halogens is 2. The Labute approximate surface area is 274 Å². The van der Waals surface area contributed by atoms with Crippen molar-refractivity contribution < 1.29 is 46.8 Å². The molecule has 0 radical (unpaired) electrons. The van der Waals surface area contributed by atoms with Gasteiger partial charge in [0.15, 0.2) is 11.6 Å². The number of aryl methyl sites for hydroxylation is 2. The van der Waals surface area contributed by atoms with Crippen LogP contribution in [0.25, 0.3) is 11.1 Å². The maximum Gasteiger partial charge on any atom is 1.00 e. The maximum atomic E-state index is 14.9. The Kier molecular flexibility index (Phi) is 19.2. The molecule has 0 aliphatic carbocycles. The SMILES string of the molecule is CCOC(=O)C[C@H](NC(=O)[CH-]CC(C)C)c1cc(-c2c(C)cccc2C)cc(F)c1F.[CH-]=C(CCN(C)C)/C(C)=C\[C-]=O.[Li+]. The van der Waals surface area contributed by atoms with Crippen molar-refractivity contribution in [3.05, 3.63) is 88.9 Å². The molecule has 1 atom stereocenters. The number of ether oxygens (including phenoxy) is 1. The van der Waals surface area contributed by atoms with E-state index in [9.17, 15) is 23.2 Å². The van der Waals surface area contributed by atoms with Gasteiger partial charge in [-0.2, -0.15) is 12.5 Å². The molecule has 236 valence electrons. The molecule has 2 aromatic carbocycles. The average Bonchev–Trinajstić information content (AvgIpc) is 2.92. The van der Waals surface area contributed by atoms with Crippen LogP contribution in [0.4, 0.5) is 8.78 Å². The van der Waals surface area contributed by atoms with Gasteiger partial charge >= 0.3 is 24.8 Å². The van der Waals surface area contributed by atoms with Gasteiger partial charge < -0.3 is 31.0 Å². The van der Waals surface area contributed by atoms with Crippen LogP contribution in [0.1, 0.15) is 69.7 Å². The molecule has 1 amide bonds. The summed E-state index contributed by atoms with van der Waals surface area (Å²) in [5, 5.41) is 2.65. The third-order valence-electron chi connectivity index (χ3n) is 6.58. The quantitative estimate of drug-likeness (QED) is 0.117. The van der Waals surface area contributed by atoms with E-state index in [2.05, 4.69) is 5.32 Å². The largest absolute Gasteiger partial charge is 1.00 e. The minimum Gasteiger partial charge on any atom is -0.466 e. The van der Waals surface area contributed by atoms with Crippen LogP contribution in [0.15, 0.2) is 47.6 Å². The summed E-state index contributed by atoms with van der Waals surface area (Å²) in [4.78, 5) is 36.6. The molecule has 0 aliphatic heterocycles. The van der Waals surface area contributed by atoms with Gasteiger partial charge in [-0.15, -0.1) is 6.92 Å². The Morgan fingerprint density at radius 3 is 2.30 bits per heavy atom. The number of rotatable bonds is 14. The molecule has 1 N–H and O–H groups in total. The van der Waals surface area contributed by atoms with Gasteiger partial charge in [-0.3, -0.25) is 11.4 Å². The molecule has 2 aromatic rings. The minimum atomic E-state index is -1.09. The van der Waals surface area contributed by atoms with Crippen molar-refractivity contribution in [3.63, 3.8) is 0 Å². The molecular formula is C35H45F2LiN2O4-2. The summed E-state index contributed by atoms with van der Waals surface area (Å²) in [6.45, 7) is 17.9. The van der Waals surface area contributed by atoms with Gasteiger partial charge in [-0.05, 0) is 88.5 Å². The number of nitrogens with zero attached hydrogens (tertiary/aromatic N) is 1. The topological polar surface area (TPSA) is 75.7 Å². The summed E-state index contributed by atoms with van der Waals surface area (Å²) >= 11 is 0. The number of carbonyl (C=O) groups excluding carboxylic acids is 3. The molecule has 0 aliphatic rings. The first kappa shape index (κ1) is 40.8. The second kappa shape index (κ2) is 20.7. The molecule has 9 heteroatoms. The van der Waals surface area contributed by atoms with E-state index >= 15 is 0 Å². The molecule has 2 rings (SSSR count). The Balaban J connectivity index is 0.00000121. The Bertz CT molecular complexity index is 1270. The molecule has 0 bridgehead atoms. The number of amides is 1. The molecular weight excluding hydrogens is 557 g/mol. The van der Waals surface area contributed by atoms with Crippen LogP contribution in [0.2, 0.25) is 0 Å². The summed E-state index contributed by atoms with van der Waals surface area (Å²) in [5.41, 5.74) is 4.58. The average molecular weight is 603 g/mol. The summed E-state index contributed by atoms with van der Waals surface area (Å²) in [7, 11) is 3.97. The molecule has 0 spiro atoms. The summed E-state index contributed by atoms with van der Waals surface area (Å²) in [6, 6.07) is 7.25. The monoisotopic (exact) mass is 602 g/mol. The van der Waals surface area contributed by atoms with E-state index < -0.39 is 29.6 Å². The fourth-order valence-corrected chi connectivity index (χ4v) is 4.20. The van der Waals surface area contributed by atoms with E-state index in [4.69, 9.17) is 11.3 Å². The predicted octanol–water partition coefficient (Wildman–Crippen LogP) is 3.97. The van der Waals surface area contributed by atoms with Crippen molar-refractivity contribution in [2.24, 2.45) is 5.92 Å². The standard InChI is InChI=1S/C25H30F2NO3.C10H15NO.Li/c1-6-31-23(30)14-21(28-22(29)11-10-15(2)3)19-12-18(13-20(26)25(19)27)24-16(4)8-7-9-17(24)5;1-9(5-7-11(3)4)10(2)6-8-12;/h7-9,11-13,15,21H,6,10,14H2,1-5H3,(H,28,29);1,6H,5,7H2,2-4H3;/q-1;-2;+1/b;10-6-;/t21-;;/m0../s1. The summed E-state index contributed by atoms with van der Waals surface area (Å²) in [5.74, 6) is -2.91. The summed E-state index contributed by atoms with van der Waals surface area (Å²) < 4.78 is 34.5. The van der Waals surface area contributed by atoms with Crippen LogP contribution in [-0.4, -0.2) is 50.3 Å². The van der Waals surface area contributed by atoms with Crippen LogP contribution >= 0.6 is 0 Å². The van der Waals surface area contributed by atoms with Crippen molar-refractivity contribution in [2.45, 2.75) is 66.8 Å². The first-order chi connectivity index (χ1) is 20.2. The van der Waals surface area contributed by atoms with Crippen molar-refractivity contribution in [1.82, 2.24) is 10.2 Å². The molecule has 0 fully saturated rings. The van der Waals surface area contributed by atoms with E-state index in [1.807, 2.05) is 71.8 Å². The zero-order chi connectivity index (χ0) is 32.7. The third-order valence-corrected chi connectivity index (χ3v) is 6.58.